The number of ketones is 1. The van der Waals surface area contributed by atoms with Crippen molar-refractivity contribution in [1.29, 1.82) is 0 Å². The van der Waals surface area contributed by atoms with Crippen molar-refractivity contribution < 1.29 is 4.79 Å². The van der Waals surface area contributed by atoms with E-state index in [0.29, 0.717) is 0 Å². The largest absolute Gasteiger partial charge is 0.370 e. The monoisotopic (exact) mass is 443 g/mol. The van der Waals surface area contributed by atoms with E-state index >= 15 is 0 Å². The van der Waals surface area contributed by atoms with E-state index in [4.69, 9.17) is 0 Å². The van der Waals surface area contributed by atoms with Crippen LogP contribution in [0.1, 0.15) is 49.9 Å². The van der Waals surface area contributed by atoms with E-state index in [9.17, 15) is 4.79 Å². The Morgan fingerprint density at radius 3 is 2.57 bits per heavy atom. The molecule has 0 saturated carbocycles. The molecule has 0 unspecified atom stereocenters. The summed E-state index contributed by atoms with van der Waals surface area (Å²) in [6.45, 7) is 9.77. The van der Waals surface area contributed by atoms with Crippen LogP contribution in [-0.2, 0) is 0 Å². The Balaban J connectivity index is 1.62. The Kier molecular flexibility index (Phi) is 6.02. The lowest BCUT2D eigenvalue weighted by Gasteiger charge is -2.36. The van der Waals surface area contributed by atoms with Crippen LogP contribution in [0.25, 0.3) is 10.9 Å². The first-order valence-electron chi connectivity index (χ1n) is 10.6. The number of anilines is 1. The average Bonchev–Trinajstić information content (AvgIpc) is 3.20. The molecule has 2 aliphatic heterocycles. The van der Waals surface area contributed by atoms with E-state index in [1.54, 1.807) is 6.20 Å². The highest BCUT2D eigenvalue weighted by Gasteiger charge is 2.27. The number of likely N-dealkylation sites (tertiary alicyclic amines) is 1. The first-order valence-corrected chi connectivity index (χ1v) is 11.4. The molecule has 3 heterocycles. The Labute approximate surface area is 176 Å². The summed E-state index contributed by atoms with van der Waals surface area (Å²) in [7, 11) is 0. The lowest BCUT2D eigenvalue weighted by Crippen LogP contribution is -2.39. The standard InChI is InChI=1S/C23H30BrN3O/c1-16(2)23(28)20-14-25-21-6-5-18(24)13-19(21)22(20)27-11-7-17(8-12-27)15-26-9-3-4-10-26/h5-6,13-14,16-17H,3-4,7-12,15H2,1-2H3. The third kappa shape index (κ3) is 4.11. The first kappa shape index (κ1) is 19.8. The number of hydrogen-bond acceptors (Lipinski definition) is 4. The summed E-state index contributed by atoms with van der Waals surface area (Å²) in [4.78, 5) is 22.6. The predicted octanol–water partition coefficient (Wildman–Crippen LogP) is 5.15. The quantitative estimate of drug-likeness (QED) is 0.598. The molecular weight excluding hydrogens is 414 g/mol. The molecule has 0 N–H and O–H groups in total. The van der Waals surface area contributed by atoms with Gasteiger partial charge in [0.15, 0.2) is 5.78 Å². The minimum Gasteiger partial charge on any atom is -0.370 e. The van der Waals surface area contributed by atoms with Gasteiger partial charge in [0.25, 0.3) is 0 Å². The van der Waals surface area contributed by atoms with Crippen molar-refractivity contribution in [2.24, 2.45) is 11.8 Å². The highest BCUT2D eigenvalue weighted by Crippen LogP contribution is 2.35. The van der Waals surface area contributed by atoms with Crippen LogP contribution in [-0.4, -0.2) is 48.4 Å². The molecule has 0 aliphatic carbocycles. The van der Waals surface area contributed by atoms with Crippen molar-refractivity contribution in [2.75, 3.05) is 37.6 Å². The minimum atomic E-state index is -0.0298. The second-order valence-corrected chi connectivity index (χ2v) is 9.55. The fourth-order valence-electron chi connectivity index (χ4n) is 4.65. The Morgan fingerprint density at radius 2 is 1.89 bits per heavy atom. The highest BCUT2D eigenvalue weighted by molar-refractivity contribution is 9.10. The number of halogens is 1. The normalized spacial score (nSPS) is 19.1. The molecule has 0 amide bonds. The number of pyridine rings is 1. The summed E-state index contributed by atoms with van der Waals surface area (Å²) in [6.07, 6.45) is 6.91. The van der Waals surface area contributed by atoms with Crippen molar-refractivity contribution in [3.8, 4) is 0 Å². The summed E-state index contributed by atoms with van der Waals surface area (Å²) >= 11 is 3.60. The van der Waals surface area contributed by atoms with Gasteiger partial charge in [-0.05, 0) is 62.9 Å². The fraction of sp³-hybridized carbons (Fsp3) is 0.565. The third-order valence-electron chi connectivity index (χ3n) is 6.24. The van der Waals surface area contributed by atoms with Crippen molar-refractivity contribution >= 4 is 38.3 Å². The van der Waals surface area contributed by atoms with Crippen LogP contribution >= 0.6 is 15.9 Å². The zero-order valence-corrected chi connectivity index (χ0v) is 18.5. The van der Waals surface area contributed by atoms with Crippen LogP contribution in [0.15, 0.2) is 28.9 Å². The van der Waals surface area contributed by atoms with Gasteiger partial charge < -0.3 is 9.80 Å². The lowest BCUT2D eigenvalue weighted by molar-refractivity contribution is 0.0939. The molecule has 1 aromatic carbocycles. The molecule has 5 heteroatoms. The van der Waals surface area contributed by atoms with Gasteiger partial charge in [0.1, 0.15) is 0 Å². The molecule has 4 rings (SSSR count). The van der Waals surface area contributed by atoms with Gasteiger partial charge in [0, 0.05) is 41.6 Å². The molecule has 2 aliphatic rings. The number of piperidine rings is 1. The second kappa shape index (κ2) is 8.50. The van der Waals surface area contributed by atoms with Crippen LogP contribution in [0, 0.1) is 11.8 Å². The molecule has 28 heavy (non-hydrogen) atoms. The molecule has 0 atom stereocenters. The molecule has 0 bridgehead atoms. The number of benzene rings is 1. The number of Topliss-reactive ketones (excluding diaryl/α,β-unsaturated/α-hetero) is 1. The maximum Gasteiger partial charge on any atom is 0.169 e. The molecular formula is C23H30BrN3O. The minimum absolute atomic E-state index is 0.0298. The van der Waals surface area contributed by atoms with E-state index in [2.05, 4.69) is 36.8 Å². The van der Waals surface area contributed by atoms with E-state index in [0.717, 1.165) is 45.6 Å². The molecule has 2 saturated heterocycles. The molecule has 2 fully saturated rings. The lowest BCUT2D eigenvalue weighted by atomic mass is 9.93. The maximum absolute atomic E-state index is 12.9. The maximum atomic E-state index is 12.9. The molecule has 2 aromatic rings. The average molecular weight is 444 g/mol. The van der Waals surface area contributed by atoms with Gasteiger partial charge in [-0.25, -0.2) is 0 Å². The van der Waals surface area contributed by atoms with Gasteiger partial charge in [-0.3, -0.25) is 9.78 Å². The van der Waals surface area contributed by atoms with Crippen LogP contribution < -0.4 is 4.90 Å². The van der Waals surface area contributed by atoms with Crippen molar-refractivity contribution in [2.45, 2.75) is 39.5 Å². The molecule has 150 valence electrons. The second-order valence-electron chi connectivity index (χ2n) is 8.64. The zero-order valence-electron chi connectivity index (χ0n) is 17.0. The number of rotatable bonds is 5. The number of nitrogens with zero attached hydrogens (tertiary/aromatic N) is 3. The predicted molar refractivity (Wildman–Crippen MR) is 119 cm³/mol. The van der Waals surface area contributed by atoms with Crippen LogP contribution in [0.4, 0.5) is 5.69 Å². The summed E-state index contributed by atoms with van der Waals surface area (Å²) in [6, 6.07) is 6.17. The number of hydrogen-bond donors (Lipinski definition) is 0. The van der Waals surface area contributed by atoms with E-state index < -0.39 is 0 Å². The van der Waals surface area contributed by atoms with Crippen LogP contribution in [0.2, 0.25) is 0 Å². The van der Waals surface area contributed by atoms with Gasteiger partial charge in [-0.1, -0.05) is 29.8 Å². The molecule has 1 aromatic heterocycles. The van der Waals surface area contributed by atoms with Crippen LogP contribution in [0.5, 0.6) is 0 Å². The van der Waals surface area contributed by atoms with E-state index in [-0.39, 0.29) is 11.7 Å². The van der Waals surface area contributed by atoms with E-state index in [1.807, 2.05) is 26.0 Å². The Bertz CT molecular complexity index is 852. The smallest absolute Gasteiger partial charge is 0.169 e. The van der Waals surface area contributed by atoms with Gasteiger partial charge in [0.05, 0.1) is 16.8 Å². The Morgan fingerprint density at radius 1 is 1.18 bits per heavy atom. The van der Waals surface area contributed by atoms with E-state index in [1.165, 1.54) is 45.3 Å². The zero-order chi connectivity index (χ0) is 19.7. The number of carbonyl (C=O) groups is 1. The summed E-state index contributed by atoms with van der Waals surface area (Å²) in [5, 5.41) is 1.08. The first-order chi connectivity index (χ1) is 13.5. The van der Waals surface area contributed by atoms with Gasteiger partial charge in [-0.2, -0.15) is 0 Å². The van der Waals surface area contributed by atoms with Crippen LogP contribution in [0.3, 0.4) is 0 Å². The fourth-order valence-corrected chi connectivity index (χ4v) is 5.01. The van der Waals surface area contributed by atoms with Gasteiger partial charge in [0.2, 0.25) is 0 Å². The highest BCUT2D eigenvalue weighted by atomic mass is 79.9. The van der Waals surface area contributed by atoms with Crippen molar-refractivity contribution in [3.05, 3.63) is 34.4 Å². The molecule has 0 radical (unpaired) electrons. The number of fused-ring (bicyclic) bond motifs is 1. The summed E-state index contributed by atoms with van der Waals surface area (Å²) in [5.74, 6) is 0.930. The number of aromatic nitrogens is 1. The molecule has 4 nitrogen and oxygen atoms in total. The number of carbonyl (C=O) groups excluding carboxylic acids is 1. The third-order valence-corrected chi connectivity index (χ3v) is 6.73. The van der Waals surface area contributed by atoms with Gasteiger partial charge >= 0.3 is 0 Å². The van der Waals surface area contributed by atoms with Crippen molar-refractivity contribution in [3.63, 3.8) is 0 Å². The summed E-state index contributed by atoms with van der Waals surface area (Å²) < 4.78 is 1.03. The summed E-state index contributed by atoms with van der Waals surface area (Å²) in [5.41, 5.74) is 2.82. The Hall–Kier alpha value is -1.46. The topological polar surface area (TPSA) is 36.4 Å². The molecule has 0 spiro atoms. The SMILES string of the molecule is CC(C)C(=O)c1cnc2ccc(Br)cc2c1N1CCC(CN2CCCC2)CC1. The van der Waals surface area contributed by atoms with Crippen molar-refractivity contribution in [1.82, 2.24) is 9.88 Å². The van der Waals surface area contributed by atoms with Gasteiger partial charge in [-0.15, -0.1) is 0 Å².